The molecule has 0 radical (unpaired) electrons. The lowest BCUT2D eigenvalue weighted by atomic mass is 10.2. The Bertz CT molecular complexity index is 448. The summed E-state index contributed by atoms with van der Waals surface area (Å²) in [5, 5.41) is 19.1. The number of ether oxygens (including phenoxy) is 1. The fourth-order valence-corrected chi connectivity index (χ4v) is 1.24. The molecule has 0 aromatic heterocycles. The van der Waals surface area contributed by atoms with Gasteiger partial charge in [-0.2, -0.15) is 0 Å². The topological polar surface area (TPSA) is 89.7 Å². The molecule has 1 aromatic carbocycles. The molecule has 0 bridgehead atoms. The summed E-state index contributed by atoms with van der Waals surface area (Å²) >= 11 is 0. The van der Waals surface area contributed by atoms with Crippen LogP contribution in [0.2, 0.25) is 0 Å². The minimum atomic E-state index is -1.10. The van der Waals surface area contributed by atoms with Crippen molar-refractivity contribution >= 4 is 11.7 Å². The molecule has 0 saturated carbocycles. The predicted octanol–water partition coefficient (Wildman–Crippen LogP) is 1.98. The summed E-state index contributed by atoms with van der Waals surface area (Å²) in [7, 11) is 0. The number of nitro groups is 1. The summed E-state index contributed by atoms with van der Waals surface area (Å²) in [6.07, 6.45) is -1.11. The summed E-state index contributed by atoms with van der Waals surface area (Å²) < 4.78 is 17.9. The van der Waals surface area contributed by atoms with Crippen molar-refractivity contribution in [1.82, 2.24) is 0 Å². The highest BCUT2D eigenvalue weighted by Crippen LogP contribution is 2.28. The van der Waals surface area contributed by atoms with E-state index in [1.165, 1.54) is 6.92 Å². The van der Waals surface area contributed by atoms with Crippen LogP contribution in [0.5, 0.6) is 5.75 Å². The van der Waals surface area contributed by atoms with Crippen LogP contribution in [-0.4, -0.2) is 22.1 Å². The first-order valence-corrected chi connectivity index (χ1v) is 4.72. The van der Waals surface area contributed by atoms with Gasteiger partial charge in [0.2, 0.25) is 0 Å². The fraction of sp³-hybridized carbons (Fsp3) is 0.300. The first kappa shape index (κ1) is 12.9. The Morgan fingerprint density at radius 3 is 2.82 bits per heavy atom. The van der Waals surface area contributed by atoms with E-state index in [1.807, 2.05) is 0 Å². The highest BCUT2D eigenvalue weighted by molar-refractivity contribution is 5.67. The second kappa shape index (κ2) is 5.24. The molecule has 17 heavy (non-hydrogen) atoms. The van der Waals surface area contributed by atoms with Gasteiger partial charge in [0, 0.05) is 12.1 Å². The molecule has 7 heteroatoms. The third-order valence-electron chi connectivity index (χ3n) is 1.91. The number of rotatable bonds is 5. The molecule has 92 valence electrons. The van der Waals surface area contributed by atoms with Crippen LogP contribution < -0.4 is 4.74 Å². The van der Waals surface area contributed by atoms with Crippen LogP contribution in [0, 0.1) is 15.9 Å². The quantitative estimate of drug-likeness (QED) is 0.630. The molecule has 1 unspecified atom stereocenters. The highest BCUT2D eigenvalue weighted by Gasteiger charge is 2.19. The van der Waals surface area contributed by atoms with Gasteiger partial charge >= 0.3 is 11.7 Å². The SMILES string of the molecule is CC(CC(=O)O)Oc1cc(F)ccc1[N+](=O)[O-]. The van der Waals surface area contributed by atoms with Crippen molar-refractivity contribution in [3.8, 4) is 5.75 Å². The van der Waals surface area contributed by atoms with Gasteiger partial charge in [0.05, 0.1) is 11.3 Å². The van der Waals surface area contributed by atoms with Gasteiger partial charge in [-0.1, -0.05) is 0 Å². The number of carbonyl (C=O) groups is 1. The minimum Gasteiger partial charge on any atom is -0.483 e. The van der Waals surface area contributed by atoms with Crippen LogP contribution in [0.15, 0.2) is 18.2 Å². The lowest BCUT2D eigenvalue weighted by Gasteiger charge is -2.12. The summed E-state index contributed by atoms with van der Waals surface area (Å²) in [6.45, 7) is 1.43. The van der Waals surface area contributed by atoms with E-state index in [2.05, 4.69) is 0 Å². The van der Waals surface area contributed by atoms with Crippen LogP contribution >= 0.6 is 0 Å². The maximum atomic E-state index is 12.9. The van der Waals surface area contributed by atoms with E-state index in [1.54, 1.807) is 0 Å². The summed E-state index contributed by atoms with van der Waals surface area (Å²) in [5.41, 5.74) is -0.399. The summed E-state index contributed by atoms with van der Waals surface area (Å²) in [4.78, 5) is 20.3. The Hall–Kier alpha value is -2.18. The van der Waals surface area contributed by atoms with Crippen LogP contribution in [0.3, 0.4) is 0 Å². The second-order valence-corrected chi connectivity index (χ2v) is 3.40. The average molecular weight is 243 g/mol. The van der Waals surface area contributed by atoms with E-state index in [-0.39, 0.29) is 12.2 Å². The van der Waals surface area contributed by atoms with Gasteiger partial charge in [-0.3, -0.25) is 14.9 Å². The van der Waals surface area contributed by atoms with E-state index in [4.69, 9.17) is 9.84 Å². The number of nitrogens with zero attached hydrogens (tertiary/aromatic N) is 1. The number of halogens is 1. The van der Waals surface area contributed by atoms with E-state index < -0.39 is 28.5 Å². The van der Waals surface area contributed by atoms with Crippen LogP contribution in [-0.2, 0) is 4.79 Å². The Kier molecular flexibility index (Phi) is 3.97. The summed E-state index contributed by atoms with van der Waals surface area (Å²) in [5.74, 6) is -2.06. The smallest absolute Gasteiger partial charge is 0.311 e. The van der Waals surface area contributed by atoms with Crippen molar-refractivity contribution in [2.75, 3.05) is 0 Å². The molecule has 0 aliphatic rings. The van der Waals surface area contributed by atoms with Crippen molar-refractivity contribution in [2.45, 2.75) is 19.4 Å². The summed E-state index contributed by atoms with van der Waals surface area (Å²) in [6, 6.07) is 2.77. The van der Waals surface area contributed by atoms with E-state index in [0.29, 0.717) is 0 Å². The third kappa shape index (κ3) is 3.71. The van der Waals surface area contributed by atoms with Crippen molar-refractivity contribution < 1.29 is 24.0 Å². The zero-order valence-corrected chi connectivity index (χ0v) is 8.92. The van der Waals surface area contributed by atoms with Crippen LogP contribution in [0.25, 0.3) is 0 Å². The van der Waals surface area contributed by atoms with Crippen molar-refractivity contribution in [1.29, 1.82) is 0 Å². The molecular weight excluding hydrogens is 233 g/mol. The molecule has 1 atom stereocenters. The normalized spacial score (nSPS) is 11.9. The molecule has 0 amide bonds. The molecule has 0 fully saturated rings. The van der Waals surface area contributed by atoms with Crippen molar-refractivity contribution in [2.24, 2.45) is 0 Å². The maximum absolute atomic E-state index is 12.9. The Morgan fingerprint density at radius 1 is 1.65 bits per heavy atom. The number of benzene rings is 1. The van der Waals surface area contributed by atoms with Crippen LogP contribution in [0.1, 0.15) is 13.3 Å². The Morgan fingerprint density at radius 2 is 2.29 bits per heavy atom. The van der Waals surface area contributed by atoms with Gasteiger partial charge in [0.1, 0.15) is 11.9 Å². The molecule has 1 rings (SSSR count). The zero-order valence-electron chi connectivity index (χ0n) is 8.92. The zero-order chi connectivity index (χ0) is 13.0. The third-order valence-corrected chi connectivity index (χ3v) is 1.91. The van der Waals surface area contributed by atoms with Gasteiger partial charge in [0.15, 0.2) is 5.75 Å². The Balaban J connectivity index is 2.92. The molecule has 0 saturated heterocycles. The van der Waals surface area contributed by atoms with Gasteiger partial charge in [0.25, 0.3) is 0 Å². The number of carboxylic acids is 1. The lowest BCUT2D eigenvalue weighted by Crippen LogP contribution is -2.17. The van der Waals surface area contributed by atoms with Gasteiger partial charge in [-0.05, 0) is 13.0 Å². The molecule has 1 N–H and O–H groups in total. The first-order valence-electron chi connectivity index (χ1n) is 4.72. The number of carboxylic acid groups (broad SMARTS) is 1. The largest absolute Gasteiger partial charge is 0.483 e. The van der Waals surface area contributed by atoms with Gasteiger partial charge in [-0.15, -0.1) is 0 Å². The lowest BCUT2D eigenvalue weighted by molar-refractivity contribution is -0.386. The number of hydrogen-bond donors (Lipinski definition) is 1. The molecule has 6 nitrogen and oxygen atoms in total. The molecule has 1 aromatic rings. The number of nitro benzene ring substituents is 1. The first-order chi connectivity index (χ1) is 7.90. The monoisotopic (exact) mass is 243 g/mol. The van der Waals surface area contributed by atoms with E-state index in [9.17, 15) is 19.3 Å². The molecular formula is C10H10FNO5. The van der Waals surface area contributed by atoms with E-state index in [0.717, 1.165) is 18.2 Å². The van der Waals surface area contributed by atoms with Gasteiger partial charge in [-0.25, -0.2) is 4.39 Å². The number of hydrogen-bond acceptors (Lipinski definition) is 4. The highest BCUT2D eigenvalue weighted by atomic mass is 19.1. The minimum absolute atomic E-state index is 0.274. The fourth-order valence-electron chi connectivity index (χ4n) is 1.24. The standard InChI is InChI=1S/C10H10FNO5/c1-6(4-10(13)14)17-9-5-7(11)2-3-8(9)12(15)16/h2-3,5-6H,4H2,1H3,(H,13,14). The van der Waals surface area contributed by atoms with Crippen LogP contribution in [0.4, 0.5) is 10.1 Å². The maximum Gasteiger partial charge on any atom is 0.311 e. The number of aliphatic carboxylic acids is 1. The van der Waals surface area contributed by atoms with Gasteiger partial charge < -0.3 is 9.84 Å². The Labute approximate surface area is 95.8 Å². The molecule has 0 aliphatic carbocycles. The van der Waals surface area contributed by atoms with Crippen molar-refractivity contribution in [3.05, 3.63) is 34.1 Å². The predicted molar refractivity (Wildman–Crippen MR) is 55.4 cm³/mol. The molecule has 0 spiro atoms. The van der Waals surface area contributed by atoms with E-state index >= 15 is 0 Å². The molecule has 0 heterocycles. The second-order valence-electron chi connectivity index (χ2n) is 3.40. The van der Waals surface area contributed by atoms with Crippen molar-refractivity contribution in [3.63, 3.8) is 0 Å². The average Bonchev–Trinajstić information content (AvgIpc) is 2.15. The molecule has 0 aliphatic heterocycles.